The maximum Gasteiger partial charge on any atom is 0.419 e. The molecule has 0 bridgehead atoms. The van der Waals surface area contributed by atoms with Crippen molar-refractivity contribution in [2.45, 2.75) is 77.2 Å². The molecule has 3 atom stereocenters. The highest BCUT2D eigenvalue weighted by atomic mass is 16.6. The molecule has 8 nitrogen and oxygen atoms in total. The fraction of sp³-hybridized carbons (Fsp3) is 0.538. The third-order valence-corrected chi connectivity index (χ3v) is 6.11. The Morgan fingerprint density at radius 3 is 2.35 bits per heavy atom. The van der Waals surface area contributed by atoms with Crippen molar-refractivity contribution in [2.24, 2.45) is 0 Å². The predicted molar refractivity (Wildman–Crippen MR) is 128 cm³/mol. The lowest BCUT2D eigenvalue weighted by Crippen LogP contribution is -2.52. The lowest BCUT2D eigenvalue weighted by molar-refractivity contribution is 0.0121. The van der Waals surface area contributed by atoms with Crippen LogP contribution < -0.4 is 0 Å². The summed E-state index contributed by atoms with van der Waals surface area (Å²) in [4.78, 5) is 27.8. The Kier molecular flexibility index (Phi) is 6.02. The van der Waals surface area contributed by atoms with Crippen molar-refractivity contribution in [2.75, 3.05) is 13.2 Å². The normalized spacial score (nSPS) is 21.1. The zero-order valence-electron chi connectivity index (χ0n) is 20.7. The second kappa shape index (κ2) is 8.43. The second-order valence-corrected chi connectivity index (χ2v) is 11.1. The summed E-state index contributed by atoms with van der Waals surface area (Å²) in [6.45, 7) is 10.6. The van der Waals surface area contributed by atoms with E-state index in [1.807, 2.05) is 65.8 Å². The molecule has 0 fully saturated rings. The van der Waals surface area contributed by atoms with Gasteiger partial charge in [-0.05, 0) is 70.7 Å². The van der Waals surface area contributed by atoms with Gasteiger partial charge in [-0.3, -0.25) is 9.47 Å². The largest absolute Gasteiger partial charge is 0.444 e. The van der Waals surface area contributed by atoms with E-state index in [-0.39, 0.29) is 18.5 Å². The van der Waals surface area contributed by atoms with E-state index < -0.39 is 36.1 Å². The number of amides is 1. The van der Waals surface area contributed by atoms with E-state index in [1.165, 1.54) is 4.57 Å². The molecule has 0 saturated heterocycles. The van der Waals surface area contributed by atoms with E-state index >= 15 is 0 Å². The van der Waals surface area contributed by atoms with Gasteiger partial charge >= 0.3 is 12.2 Å². The molecule has 1 aromatic carbocycles. The Labute approximate surface area is 199 Å². The average Bonchev–Trinajstić information content (AvgIpc) is 3.10. The fourth-order valence-electron chi connectivity index (χ4n) is 4.81. The van der Waals surface area contributed by atoms with Crippen molar-refractivity contribution in [1.82, 2.24) is 9.47 Å². The molecule has 1 aromatic heterocycles. The number of hydrogen-bond acceptors (Lipinski definition) is 6. The molecule has 2 heterocycles. The summed E-state index contributed by atoms with van der Waals surface area (Å²) in [7, 11) is 0. The van der Waals surface area contributed by atoms with Crippen molar-refractivity contribution < 1.29 is 29.3 Å². The first-order chi connectivity index (χ1) is 15.8. The van der Waals surface area contributed by atoms with Gasteiger partial charge in [-0.25, -0.2) is 9.59 Å². The first-order valence-corrected chi connectivity index (χ1v) is 11.6. The molecule has 2 aromatic rings. The minimum absolute atomic E-state index is 0.163. The zero-order valence-corrected chi connectivity index (χ0v) is 20.7. The third kappa shape index (κ3) is 4.57. The van der Waals surface area contributed by atoms with Gasteiger partial charge in [-0.1, -0.05) is 18.2 Å². The van der Waals surface area contributed by atoms with Crippen LogP contribution in [0.3, 0.4) is 0 Å². The van der Waals surface area contributed by atoms with Crippen LogP contribution in [0, 0.1) is 0 Å². The highest BCUT2D eigenvalue weighted by molar-refractivity contribution is 5.95. The van der Waals surface area contributed by atoms with Crippen molar-refractivity contribution in [3.05, 3.63) is 47.2 Å². The minimum atomic E-state index is -1.07. The quantitative estimate of drug-likeness (QED) is 0.645. The summed E-state index contributed by atoms with van der Waals surface area (Å²) in [6, 6.07) is 5.50. The van der Waals surface area contributed by atoms with E-state index in [2.05, 4.69) is 0 Å². The van der Waals surface area contributed by atoms with Gasteiger partial charge < -0.3 is 19.7 Å². The van der Waals surface area contributed by atoms with Crippen molar-refractivity contribution >= 4 is 23.1 Å². The topological polar surface area (TPSA) is 101 Å². The molecule has 1 aliphatic heterocycles. The Hall–Kier alpha value is -2.84. The number of nitrogens with zero attached hydrogens (tertiary/aromatic N) is 2. The van der Waals surface area contributed by atoms with Gasteiger partial charge in [-0.2, -0.15) is 0 Å². The van der Waals surface area contributed by atoms with Crippen LogP contribution in [0.15, 0.2) is 36.0 Å². The number of aliphatic hydroxyl groups excluding tert-OH is 2. The van der Waals surface area contributed by atoms with Gasteiger partial charge in [0.1, 0.15) is 11.2 Å². The minimum Gasteiger partial charge on any atom is -0.444 e. The van der Waals surface area contributed by atoms with E-state index in [0.29, 0.717) is 12.0 Å². The first-order valence-electron chi connectivity index (χ1n) is 11.6. The molecule has 0 spiro atoms. The number of aromatic nitrogens is 1. The first kappa shape index (κ1) is 24.3. The molecule has 8 heteroatoms. The molecule has 1 aliphatic carbocycles. The monoisotopic (exact) mass is 470 g/mol. The van der Waals surface area contributed by atoms with Gasteiger partial charge in [-0.15, -0.1) is 0 Å². The summed E-state index contributed by atoms with van der Waals surface area (Å²) in [5.74, 6) is -0.219. The fourth-order valence-corrected chi connectivity index (χ4v) is 4.81. The van der Waals surface area contributed by atoms with Crippen LogP contribution in [-0.4, -0.2) is 68.4 Å². The lowest BCUT2D eigenvalue weighted by atomic mass is 9.76. The predicted octanol–water partition coefficient (Wildman–Crippen LogP) is 3.96. The van der Waals surface area contributed by atoms with Gasteiger partial charge in [0.15, 0.2) is 0 Å². The van der Waals surface area contributed by atoms with Gasteiger partial charge in [0.05, 0.1) is 18.2 Å². The van der Waals surface area contributed by atoms with Crippen LogP contribution >= 0.6 is 0 Å². The van der Waals surface area contributed by atoms with E-state index in [1.54, 1.807) is 11.1 Å². The third-order valence-electron chi connectivity index (χ3n) is 6.11. The summed E-state index contributed by atoms with van der Waals surface area (Å²) >= 11 is 0. The molecule has 0 unspecified atom stereocenters. The molecule has 34 heavy (non-hydrogen) atoms. The highest BCUT2D eigenvalue weighted by Crippen LogP contribution is 2.44. The number of rotatable bonds is 2. The van der Waals surface area contributed by atoms with Gasteiger partial charge in [0.25, 0.3) is 0 Å². The average molecular weight is 471 g/mol. The number of aliphatic hydroxyl groups is 2. The molecule has 184 valence electrons. The molecule has 0 radical (unpaired) electrons. The van der Waals surface area contributed by atoms with Gasteiger partial charge in [0.2, 0.25) is 0 Å². The smallest absolute Gasteiger partial charge is 0.419 e. The van der Waals surface area contributed by atoms with E-state index in [4.69, 9.17) is 9.47 Å². The number of ether oxygens (including phenoxy) is 2. The SMILES string of the molecule is CC(C)(C)OC(=O)N1CC([C@H](O)CO)=C[C@H]2c3cccc4c3c(cn4C(=O)OC(C)(C)C)C[C@H]21. The summed E-state index contributed by atoms with van der Waals surface area (Å²) in [6.07, 6.45) is 2.27. The van der Waals surface area contributed by atoms with Crippen LogP contribution in [0.25, 0.3) is 10.9 Å². The molecule has 2 aliphatic rings. The van der Waals surface area contributed by atoms with E-state index in [0.717, 1.165) is 22.0 Å². The van der Waals surface area contributed by atoms with Crippen molar-refractivity contribution in [1.29, 1.82) is 0 Å². The molecular formula is C26H34N2O6. The Morgan fingerprint density at radius 2 is 1.74 bits per heavy atom. The number of fused-ring (bicyclic) bond motifs is 2. The maximum absolute atomic E-state index is 13.2. The molecular weight excluding hydrogens is 436 g/mol. The number of carbonyl (C=O) groups is 2. The van der Waals surface area contributed by atoms with Crippen molar-refractivity contribution in [3.8, 4) is 0 Å². The number of benzene rings is 1. The summed E-state index contributed by atoms with van der Waals surface area (Å²) in [5.41, 5.74) is 1.91. The van der Waals surface area contributed by atoms with Crippen LogP contribution in [-0.2, 0) is 15.9 Å². The molecule has 2 N–H and O–H groups in total. The summed E-state index contributed by atoms with van der Waals surface area (Å²) < 4.78 is 12.8. The summed E-state index contributed by atoms with van der Waals surface area (Å²) in [5, 5.41) is 21.0. The Bertz CT molecular complexity index is 1150. The van der Waals surface area contributed by atoms with Crippen LogP contribution in [0.5, 0.6) is 0 Å². The second-order valence-electron chi connectivity index (χ2n) is 11.1. The van der Waals surface area contributed by atoms with Crippen LogP contribution in [0.4, 0.5) is 9.59 Å². The molecule has 0 saturated carbocycles. The maximum atomic E-state index is 13.2. The molecule has 1 amide bonds. The number of hydrogen-bond donors (Lipinski definition) is 2. The Balaban J connectivity index is 1.82. The lowest BCUT2D eigenvalue weighted by Gasteiger charge is -2.43. The van der Waals surface area contributed by atoms with Crippen LogP contribution in [0.1, 0.15) is 58.6 Å². The standard InChI is InChI=1S/C26H34N2O6/c1-25(2,3)33-23(31)27-13-16-11-20-18(17-8-7-9-19(27)22(16)17)10-15(21(30)14-29)12-28(20)24(32)34-26(4,5)6/h7-10,13,18,20-21,29-30H,11-12,14H2,1-6H3/t18-,20+,21+/m0/s1. The van der Waals surface area contributed by atoms with Crippen LogP contribution in [0.2, 0.25) is 0 Å². The van der Waals surface area contributed by atoms with Gasteiger partial charge in [0, 0.05) is 30.1 Å². The highest BCUT2D eigenvalue weighted by Gasteiger charge is 2.42. The Morgan fingerprint density at radius 1 is 1.09 bits per heavy atom. The zero-order chi connectivity index (χ0) is 25.0. The molecule has 4 rings (SSSR count). The van der Waals surface area contributed by atoms with Crippen molar-refractivity contribution in [3.63, 3.8) is 0 Å². The van der Waals surface area contributed by atoms with E-state index in [9.17, 15) is 19.8 Å². The number of carbonyl (C=O) groups excluding carboxylic acids is 2.